The van der Waals surface area contributed by atoms with Gasteiger partial charge in [-0.2, -0.15) is 0 Å². The van der Waals surface area contributed by atoms with Crippen LogP contribution in [-0.4, -0.2) is 38.1 Å². The molecule has 0 aromatic heterocycles. The zero-order valence-electron chi connectivity index (χ0n) is 19.4. The number of ketones is 1. The highest BCUT2D eigenvalue weighted by Crippen LogP contribution is 2.46. The number of Topliss-reactive ketones (excluding diaryl/α,β-unsaturated/α-hetero) is 1. The van der Waals surface area contributed by atoms with Crippen molar-refractivity contribution in [2.75, 3.05) is 26.2 Å². The summed E-state index contributed by atoms with van der Waals surface area (Å²) in [5.74, 6) is -0.684. The molecule has 1 saturated heterocycles. The van der Waals surface area contributed by atoms with Crippen LogP contribution >= 0.6 is 0 Å². The Morgan fingerprint density at radius 3 is 2.26 bits per heavy atom. The Kier molecular flexibility index (Phi) is 6.27. The maximum absolute atomic E-state index is 13.4. The molecule has 0 saturated carbocycles. The van der Waals surface area contributed by atoms with Crippen LogP contribution < -0.4 is 19.1 Å². The van der Waals surface area contributed by atoms with Crippen LogP contribution in [0.1, 0.15) is 22.7 Å². The first kappa shape index (κ1) is 22.9. The molecule has 1 aliphatic heterocycles. The predicted molar refractivity (Wildman–Crippen MR) is 129 cm³/mol. The summed E-state index contributed by atoms with van der Waals surface area (Å²) >= 11 is 0. The summed E-state index contributed by atoms with van der Waals surface area (Å²) in [5.41, 5.74) is 2.25. The Morgan fingerprint density at radius 1 is 0.853 bits per heavy atom. The van der Waals surface area contributed by atoms with Crippen LogP contribution in [0.2, 0.25) is 0 Å². The number of benzene rings is 3. The van der Waals surface area contributed by atoms with Gasteiger partial charge in [-0.3, -0.25) is 14.5 Å². The van der Waals surface area contributed by atoms with E-state index in [0.29, 0.717) is 28.5 Å². The fraction of sp³-hybridized carbons (Fsp3) is 0.185. The van der Waals surface area contributed by atoms with Crippen LogP contribution in [-0.2, 0) is 9.59 Å². The molecule has 1 N–H and O–H groups in total. The zero-order valence-corrected chi connectivity index (χ0v) is 19.4. The van der Waals surface area contributed by atoms with Crippen LogP contribution in [0.5, 0.6) is 17.2 Å². The minimum Gasteiger partial charge on any atom is -0.507 e. The number of methoxy groups -OCH3 is 3. The Labute approximate surface area is 197 Å². The summed E-state index contributed by atoms with van der Waals surface area (Å²) in [4.78, 5) is 28.2. The van der Waals surface area contributed by atoms with E-state index in [1.165, 1.54) is 26.2 Å². The smallest absolute Gasteiger partial charge is 0.300 e. The first-order valence-corrected chi connectivity index (χ1v) is 10.6. The standard InChI is InChI=1S/C27H25NO6/c1-16-8-7-9-17(14-16)24-23(25(29)19-15-18(32-2)12-13-21(19)33-3)26(30)27(31)28(24)20-10-5-6-11-22(20)34-4/h5-15,24,29H,1-4H3/b25-23+. The average Bonchev–Trinajstić information content (AvgIpc) is 3.13. The van der Waals surface area contributed by atoms with Gasteiger partial charge in [0.05, 0.1) is 44.2 Å². The number of nitrogens with zero attached hydrogens (tertiary/aromatic N) is 1. The lowest BCUT2D eigenvalue weighted by molar-refractivity contribution is -0.132. The van der Waals surface area contributed by atoms with Gasteiger partial charge in [-0.1, -0.05) is 42.0 Å². The summed E-state index contributed by atoms with van der Waals surface area (Å²) < 4.78 is 16.2. The third kappa shape index (κ3) is 3.85. The first-order valence-electron chi connectivity index (χ1n) is 10.6. The molecule has 1 aliphatic rings. The molecule has 1 heterocycles. The lowest BCUT2D eigenvalue weighted by Crippen LogP contribution is -2.29. The maximum Gasteiger partial charge on any atom is 0.300 e. The number of anilines is 1. The first-order chi connectivity index (χ1) is 16.4. The van der Waals surface area contributed by atoms with Crippen molar-refractivity contribution in [3.05, 3.63) is 89.0 Å². The average molecular weight is 459 g/mol. The molecule has 1 fully saturated rings. The molecule has 174 valence electrons. The Balaban J connectivity index is 2.02. The maximum atomic E-state index is 13.4. The highest BCUT2D eigenvalue weighted by atomic mass is 16.5. The topological polar surface area (TPSA) is 85.3 Å². The number of hydrogen-bond donors (Lipinski definition) is 1. The Morgan fingerprint density at radius 2 is 1.59 bits per heavy atom. The highest BCUT2D eigenvalue weighted by molar-refractivity contribution is 6.52. The van der Waals surface area contributed by atoms with Gasteiger partial charge in [0.25, 0.3) is 11.7 Å². The molecule has 3 aromatic rings. The molecule has 1 unspecified atom stereocenters. The van der Waals surface area contributed by atoms with Crippen molar-refractivity contribution in [2.24, 2.45) is 0 Å². The summed E-state index contributed by atoms with van der Waals surface area (Å²) in [6.45, 7) is 1.92. The van der Waals surface area contributed by atoms with Gasteiger partial charge in [-0.25, -0.2) is 0 Å². The van der Waals surface area contributed by atoms with Crippen molar-refractivity contribution in [3.8, 4) is 17.2 Å². The van der Waals surface area contributed by atoms with Gasteiger partial charge in [-0.15, -0.1) is 0 Å². The normalized spacial score (nSPS) is 17.1. The van der Waals surface area contributed by atoms with E-state index < -0.39 is 17.7 Å². The molecule has 0 bridgehead atoms. The predicted octanol–water partition coefficient (Wildman–Crippen LogP) is 4.65. The van der Waals surface area contributed by atoms with Crippen LogP contribution in [0.15, 0.2) is 72.3 Å². The summed E-state index contributed by atoms with van der Waals surface area (Å²) in [7, 11) is 4.46. The van der Waals surface area contributed by atoms with Gasteiger partial charge in [0.2, 0.25) is 0 Å². The second-order valence-electron chi connectivity index (χ2n) is 7.82. The van der Waals surface area contributed by atoms with E-state index >= 15 is 0 Å². The molecule has 4 rings (SSSR count). The van der Waals surface area contributed by atoms with E-state index in [2.05, 4.69) is 0 Å². The molecule has 7 nitrogen and oxygen atoms in total. The van der Waals surface area contributed by atoms with Crippen LogP contribution in [0.25, 0.3) is 5.76 Å². The fourth-order valence-electron chi connectivity index (χ4n) is 4.21. The van der Waals surface area contributed by atoms with Crippen molar-refractivity contribution < 1.29 is 28.9 Å². The van der Waals surface area contributed by atoms with Gasteiger partial charge >= 0.3 is 0 Å². The second kappa shape index (κ2) is 9.31. The molecule has 0 radical (unpaired) electrons. The molecule has 0 spiro atoms. The number of aliphatic hydroxyl groups excluding tert-OH is 1. The molecule has 0 aliphatic carbocycles. The monoisotopic (exact) mass is 459 g/mol. The molecule has 1 atom stereocenters. The SMILES string of the molecule is COc1ccc(OC)c(/C(O)=C2\C(=O)C(=O)N(c3ccccc3OC)C2c2cccc(C)c2)c1. The molecule has 3 aromatic carbocycles. The number of ether oxygens (including phenoxy) is 3. The lowest BCUT2D eigenvalue weighted by Gasteiger charge is -2.27. The van der Waals surface area contributed by atoms with Gasteiger partial charge in [-0.05, 0) is 42.8 Å². The van der Waals surface area contributed by atoms with E-state index in [1.807, 2.05) is 31.2 Å². The summed E-state index contributed by atoms with van der Waals surface area (Å²) in [5, 5.41) is 11.4. The molecular formula is C27H25NO6. The third-order valence-corrected chi connectivity index (χ3v) is 5.81. The molecular weight excluding hydrogens is 434 g/mol. The van der Waals surface area contributed by atoms with Crippen LogP contribution in [0.3, 0.4) is 0 Å². The lowest BCUT2D eigenvalue weighted by atomic mass is 9.94. The van der Waals surface area contributed by atoms with Gasteiger partial charge in [0, 0.05) is 0 Å². The summed E-state index contributed by atoms with van der Waals surface area (Å²) in [6.07, 6.45) is 0. The van der Waals surface area contributed by atoms with Gasteiger partial charge in [0.1, 0.15) is 23.0 Å². The highest BCUT2D eigenvalue weighted by Gasteiger charge is 2.48. The van der Waals surface area contributed by atoms with Crippen molar-refractivity contribution in [2.45, 2.75) is 13.0 Å². The molecule has 7 heteroatoms. The number of carbonyl (C=O) groups excluding carboxylic acids is 2. The Hall–Kier alpha value is -4.26. The van der Waals surface area contributed by atoms with Crippen molar-refractivity contribution in [1.82, 2.24) is 0 Å². The van der Waals surface area contributed by atoms with Crippen molar-refractivity contribution in [3.63, 3.8) is 0 Å². The number of hydrogen-bond acceptors (Lipinski definition) is 6. The minimum atomic E-state index is -0.882. The molecule has 34 heavy (non-hydrogen) atoms. The largest absolute Gasteiger partial charge is 0.507 e. The van der Waals surface area contributed by atoms with E-state index in [9.17, 15) is 14.7 Å². The number of carbonyl (C=O) groups is 2. The van der Waals surface area contributed by atoms with Crippen molar-refractivity contribution in [1.29, 1.82) is 0 Å². The third-order valence-electron chi connectivity index (χ3n) is 5.81. The minimum absolute atomic E-state index is 0.0481. The van der Waals surface area contributed by atoms with E-state index in [1.54, 1.807) is 42.5 Å². The van der Waals surface area contributed by atoms with Gasteiger partial charge in [0.15, 0.2) is 0 Å². The summed E-state index contributed by atoms with van der Waals surface area (Å²) in [6, 6.07) is 18.4. The van der Waals surface area contributed by atoms with Crippen LogP contribution in [0.4, 0.5) is 5.69 Å². The zero-order chi connectivity index (χ0) is 24.4. The second-order valence-corrected chi connectivity index (χ2v) is 7.82. The van der Waals surface area contributed by atoms with Crippen molar-refractivity contribution >= 4 is 23.1 Å². The molecule has 1 amide bonds. The quantitative estimate of drug-likeness (QED) is 0.328. The van der Waals surface area contributed by atoms with E-state index in [4.69, 9.17) is 14.2 Å². The van der Waals surface area contributed by atoms with E-state index in [-0.39, 0.29) is 16.9 Å². The number of amides is 1. The number of para-hydroxylation sites is 2. The van der Waals surface area contributed by atoms with E-state index in [0.717, 1.165) is 5.56 Å². The number of aryl methyl sites for hydroxylation is 1. The fourth-order valence-corrected chi connectivity index (χ4v) is 4.21. The Bertz CT molecular complexity index is 1300. The van der Waals surface area contributed by atoms with Crippen LogP contribution in [0, 0.1) is 6.92 Å². The van der Waals surface area contributed by atoms with Gasteiger partial charge < -0.3 is 19.3 Å². The number of rotatable bonds is 6. The number of aliphatic hydroxyl groups is 1.